The predicted molar refractivity (Wildman–Crippen MR) is 120 cm³/mol. The van der Waals surface area contributed by atoms with Crippen LogP contribution < -0.4 is 5.32 Å². The largest absolute Gasteiger partial charge is 0.438 e. The van der Waals surface area contributed by atoms with Crippen molar-refractivity contribution in [3.05, 3.63) is 70.7 Å². The molecular weight excluding hydrogens is 428 g/mol. The van der Waals surface area contributed by atoms with E-state index in [4.69, 9.17) is 4.42 Å². The third-order valence-electron chi connectivity index (χ3n) is 5.59. The van der Waals surface area contributed by atoms with E-state index in [0.717, 1.165) is 41.8 Å². The topological polar surface area (TPSA) is 97.4 Å². The molecule has 170 valence electrons. The summed E-state index contributed by atoms with van der Waals surface area (Å²) in [4.78, 5) is 12.5. The minimum Gasteiger partial charge on any atom is -0.438 e. The number of nitrogens with one attached hydrogen (secondary N) is 1. The summed E-state index contributed by atoms with van der Waals surface area (Å²) in [7, 11) is -3.70. The van der Waals surface area contributed by atoms with Crippen LogP contribution in [0.2, 0.25) is 0 Å². The van der Waals surface area contributed by atoms with Gasteiger partial charge < -0.3 is 9.73 Å². The van der Waals surface area contributed by atoms with E-state index < -0.39 is 15.9 Å². The van der Waals surface area contributed by atoms with E-state index in [-0.39, 0.29) is 10.9 Å². The lowest BCUT2D eigenvalue weighted by Gasteiger charge is -2.24. The Morgan fingerprint density at radius 3 is 2.53 bits per heavy atom. The zero-order valence-corrected chi connectivity index (χ0v) is 19.2. The maximum Gasteiger partial charge on any atom is 0.287 e. The Morgan fingerprint density at radius 2 is 1.81 bits per heavy atom. The zero-order valence-electron chi connectivity index (χ0n) is 18.4. The molecule has 32 heavy (non-hydrogen) atoms. The summed E-state index contributed by atoms with van der Waals surface area (Å²) in [5.41, 5.74) is 4.08. The fourth-order valence-corrected chi connectivity index (χ4v) is 5.36. The maximum absolute atomic E-state index is 12.7. The lowest BCUT2D eigenvalue weighted by Crippen LogP contribution is -2.35. The maximum atomic E-state index is 12.7. The molecule has 1 aliphatic rings. The number of aryl methyl sites for hydroxylation is 2. The first-order valence-corrected chi connectivity index (χ1v) is 12.2. The van der Waals surface area contributed by atoms with Gasteiger partial charge in [0.25, 0.3) is 15.9 Å². The average Bonchev–Trinajstić information content (AvgIpc) is 3.40. The van der Waals surface area contributed by atoms with Crippen LogP contribution in [-0.2, 0) is 23.1 Å². The van der Waals surface area contributed by atoms with Crippen LogP contribution in [0, 0.1) is 13.8 Å². The molecule has 3 heterocycles. The number of sulfonamides is 1. The number of carbonyl (C=O) groups excluding carboxylic acids is 1. The van der Waals surface area contributed by atoms with Crippen LogP contribution in [0.15, 0.2) is 52.0 Å². The quantitative estimate of drug-likeness (QED) is 0.589. The molecule has 1 aromatic carbocycles. The Bertz CT molecular complexity index is 1210. The van der Waals surface area contributed by atoms with E-state index in [1.165, 1.54) is 16.4 Å². The fraction of sp³-hybridized carbons (Fsp3) is 0.391. The smallest absolute Gasteiger partial charge is 0.287 e. The molecule has 1 saturated heterocycles. The van der Waals surface area contributed by atoms with Crippen LogP contribution in [0.3, 0.4) is 0 Å². The standard InChI is InChI=1S/C23H28N4O4S/c1-17-13-18(2)27(25-17)16-20-8-6-7-19(14-20)15-24-23(28)21-9-10-22(31-21)32(29,30)26-11-4-3-5-12-26/h6-10,13-14H,3-5,11-12,15-16H2,1-2H3,(H,24,28). The second-order valence-corrected chi connectivity index (χ2v) is 10.0. The summed E-state index contributed by atoms with van der Waals surface area (Å²) in [6, 6.07) is 12.7. The number of hydrogen-bond acceptors (Lipinski definition) is 5. The highest BCUT2D eigenvalue weighted by Gasteiger charge is 2.29. The third-order valence-corrected chi connectivity index (χ3v) is 7.37. The van der Waals surface area contributed by atoms with Gasteiger partial charge in [-0.25, -0.2) is 8.42 Å². The molecule has 3 aromatic rings. The van der Waals surface area contributed by atoms with Crippen LogP contribution in [-0.4, -0.2) is 41.5 Å². The SMILES string of the molecule is Cc1cc(C)n(Cc2cccc(CNC(=O)c3ccc(S(=O)(=O)N4CCCCC4)o3)c2)n1. The minimum atomic E-state index is -3.70. The highest BCUT2D eigenvalue weighted by Crippen LogP contribution is 2.22. The molecule has 2 aromatic heterocycles. The Hall–Kier alpha value is -2.91. The van der Waals surface area contributed by atoms with Gasteiger partial charge >= 0.3 is 0 Å². The van der Waals surface area contributed by atoms with Crippen LogP contribution in [0.5, 0.6) is 0 Å². The van der Waals surface area contributed by atoms with Gasteiger partial charge in [-0.3, -0.25) is 9.48 Å². The van der Waals surface area contributed by atoms with Gasteiger partial charge in [0.05, 0.1) is 12.2 Å². The summed E-state index contributed by atoms with van der Waals surface area (Å²) in [6.07, 6.45) is 2.71. The van der Waals surface area contributed by atoms with Crippen molar-refractivity contribution in [2.75, 3.05) is 13.1 Å². The van der Waals surface area contributed by atoms with E-state index >= 15 is 0 Å². The molecule has 1 aliphatic heterocycles. The number of piperidine rings is 1. The monoisotopic (exact) mass is 456 g/mol. The van der Waals surface area contributed by atoms with Crippen molar-refractivity contribution in [1.82, 2.24) is 19.4 Å². The van der Waals surface area contributed by atoms with Crippen molar-refractivity contribution < 1.29 is 17.6 Å². The number of hydrogen-bond donors (Lipinski definition) is 1. The highest BCUT2D eigenvalue weighted by atomic mass is 32.2. The number of benzene rings is 1. The Balaban J connectivity index is 1.38. The van der Waals surface area contributed by atoms with Crippen molar-refractivity contribution in [1.29, 1.82) is 0 Å². The van der Waals surface area contributed by atoms with E-state index in [1.54, 1.807) is 0 Å². The van der Waals surface area contributed by atoms with E-state index in [1.807, 2.05) is 48.9 Å². The third kappa shape index (κ3) is 4.94. The summed E-state index contributed by atoms with van der Waals surface area (Å²) in [5, 5.41) is 7.11. The molecule has 0 saturated carbocycles. The van der Waals surface area contributed by atoms with Crippen molar-refractivity contribution in [3.8, 4) is 0 Å². The number of carbonyl (C=O) groups is 1. The van der Waals surface area contributed by atoms with Gasteiger partial charge in [-0.15, -0.1) is 0 Å². The second-order valence-electron chi connectivity index (χ2n) is 8.17. The second kappa shape index (κ2) is 9.30. The van der Waals surface area contributed by atoms with Crippen LogP contribution in [0.4, 0.5) is 0 Å². The molecule has 0 aliphatic carbocycles. The van der Waals surface area contributed by atoms with Gasteiger partial charge in [0.15, 0.2) is 5.76 Å². The van der Waals surface area contributed by atoms with Crippen LogP contribution in [0.25, 0.3) is 0 Å². The van der Waals surface area contributed by atoms with E-state index in [0.29, 0.717) is 26.2 Å². The highest BCUT2D eigenvalue weighted by molar-refractivity contribution is 7.89. The average molecular weight is 457 g/mol. The number of nitrogens with zero attached hydrogens (tertiary/aromatic N) is 3. The van der Waals surface area contributed by atoms with Crippen molar-refractivity contribution in [3.63, 3.8) is 0 Å². The van der Waals surface area contributed by atoms with Crippen LogP contribution >= 0.6 is 0 Å². The summed E-state index contributed by atoms with van der Waals surface area (Å²) < 4.78 is 34.2. The molecule has 4 rings (SSSR count). The number of amides is 1. The van der Waals surface area contributed by atoms with Crippen molar-refractivity contribution in [2.24, 2.45) is 0 Å². The molecule has 0 unspecified atom stereocenters. The molecule has 1 N–H and O–H groups in total. The lowest BCUT2D eigenvalue weighted by molar-refractivity contribution is 0.0917. The number of rotatable bonds is 7. The summed E-state index contributed by atoms with van der Waals surface area (Å²) in [5.74, 6) is -0.464. The number of aromatic nitrogens is 2. The lowest BCUT2D eigenvalue weighted by atomic mass is 10.1. The Morgan fingerprint density at radius 1 is 1.06 bits per heavy atom. The molecule has 0 bridgehead atoms. The predicted octanol–water partition coefficient (Wildman–Crippen LogP) is 3.25. The molecule has 9 heteroatoms. The molecule has 0 spiro atoms. The van der Waals surface area contributed by atoms with Crippen molar-refractivity contribution >= 4 is 15.9 Å². The van der Waals surface area contributed by atoms with E-state index in [2.05, 4.69) is 10.4 Å². The minimum absolute atomic E-state index is 0.0145. The first-order chi connectivity index (χ1) is 15.3. The zero-order chi connectivity index (χ0) is 22.7. The van der Waals surface area contributed by atoms with Gasteiger partial charge in [-0.1, -0.05) is 30.7 Å². The first kappa shape index (κ1) is 22.3. The van der Waals surface area contributed by atoms with Gasteiger partial charge in [-0.2, -0.15) is 9.40 Å². The van der Waals surface area contributed by atoms with Crippen LogP contribution in [0.1, 0.15) is 52.3 Å². The summed E-state index contributed by atoms with van der Waals surface area (Å²) in [6.45, 7) is 5.91. The van der Waals surface area contributed by atoms with E-state index in [9.17, 15) is 13.2 Å². The van der Waals surface area contributed by atoms with Crippen molar-refractivity contribution in [2.45, 2.75) is 51.3 Å². The Labute approximate surface area is 188 Å². The first-order valence-electron chi connectivity index (χ1n) is 10.8. The molecule has 1 fully saturated rings. The molecular formula is C23H28N4O4S. The number of furan rings is 1. The van der Waals surface area contributed by atoms with Gasteiger partial charge in [0.2, 0.25) is 5.09 Å². The van der Waals surface area contributed by atoms with Gasteiger partial charge in [0.1, 0.15) is 0 Å². The fourth-order valence-electron chi connectivity index (χ4n) is 3.93. The molecule has 8 nitrogen and oxygen atoms in total. The molecule has 0 radical (unpaired) electrons. The Kier molecular flexibility index (Phi) is 6.48. The van der Waals surface area contributed by atoms with Gasteiger partial charge in [0, 0.05) is 25.3 Å². The summed E-state index contributed by atoms with van der Waals surface area (Å²) >= 11 is 0. The molecule has 1 amide bonds. The molecule has 0 atom stereocenters. The van der Waals surface area contributed by atoms with Gasteiger partial charge in [-0.05, 0) is 56.0 Å². The normalized spacial score (nSPS) is 15.1.